The maximum absolute atomic E-state index is 6.14. The van der Waals surface area contributed by atoms with E-state index in [-0.39, 0.29) is 0 Å². The van der Waals surface area contributed by atoms with Crippen molar-refractivity contribution in [2.24, 2.45) is 0 Å². The van der Waals surface area contributed by atoms with Gasteiger partial charge in [0.05, 0.1) is 10.0 Å². The van der Waals surface area contributed by atoms with Crippen LogP contribution in [0.3, 0.4) is 0 Å². The lowest BCUT2D eigenvalue weighted by Crippen LogP contribution is -2.00. The highest BCUT2D eigenvalue weighted by molar-refractivity contribution is 9.10. The van der Waals surface area contributed by atoms with E-state index in [0.29, 0.717) is 42.5 Å². The smallest absolute Gasteiger partial charge is 0.190 e. The molecular formula is C12H4BrCl3O2. The number of halogens is 4. The summed E-state index contributed by atoms with van der Waals surface area (Å²) in [7, 11) is 0. The molecule has 3 rings (SSSR count). The second kappa shape index (κ2) is 4.49. The Morgan fingerprint density at radius 1 is 0.778 bits per heavy atom. The quantitative estimate of drug-likeness (QED) is 0.464. The Morgan fingerprint density at radius 3 is 2.06 bits per heavy atom. The first kappa shape index (κ1) is 12.4. The van der Waals surface area contributed by atoms with Gasteiger partial charge < -0.3 is 9.47 Å². The number of benzene rings is 2. The number of hydrogen-bond acceptors (Lipinski definition) is 2. The predicted octanol–water partition coefficient (Wildman–Crippen LogP) is 6.31. The summed E-state index contributed by atoms with van der Waals surface area (Å²) < 4.78 is 12.1. The zero-order chi connectivity index (χ0) is 12.9. The van der Waals surface area contributed by atoms with Crippen LogP contribution in [0.4, 0.5) is 0 Å². The predicted molar refractivity (Wildman–Crippen MR) is 75.8 cm³/mol. The van der Waals surface area contributed by atoms with E-state index in [0.717, 1.165) is 0 Å². The molecule has 1 heterocycles. The van der Waals surface area contributed by atoms with Gasteiger partial charge in [0.1, 0.15) is 5.02 Å². The molecule has 2 aromatic carbocycles. The van der Waals surface area contributed by atoms with Crippen molar-refractivity contribution in [1.29, 1.82) is 0 Å². The molecule has 0 atom stereocenters. The van der Waals surface area contributed by atoms with E-state index in [1.54, 1.807) is 24.3 Å². The van der Waals surface area contributed by atoms with Gasteiger partial charge in [0.2, 0.25) is 0 Å². The van der Waals surface area contributed by atoms with Crippen LogP contribution < -0.4 is 9.47 Å². The third-order valence-electron chi connectivity index (χ3n) is 2.45. The van der Waals surface area contributed by atoms with E-state index in [1.165, 1.54) is 0 Å². The third-order valence-corrected chi connectivity index (χ3v) is 4.31. The lowest BCUT2D eigenvalue weighted by molar-refractivity contribution is 0.360. The fraction of sp³-hybridized carbons (Fsp3) is 0. The zero-order valence-corrected chi connectivity index (χ0v) is 12.5. The molecule has 92 valence electrons. The first-order chi connectivity index (χ1) is 8.58. The van der Waals surface area contributed by atoms with Crippen LogP contribution in [-0.2, 0) is 0 Å². The largest absolute Gasteiger partial charge is 0.448 e. The minimum Gasteiger partial charge on any atom is -0.448 e. The average Bonchev–Trinajstić information content (AvgIpc) is 2.37. The van der Waals surface area contributed by atoms with E-state index < -0.39 is 0 Å². The minimum absolute atomic E-state index is 0.372. The number of hydrogen-bond donors (Lipinski definition) is 0. The van der Waals surface area contributed by atoms with Gasteiger partial charge in [-0.05, 0) is 40.2 Å². The van der Waals surface area contributed by atoms with Crippen LogP contribution in [-0.4, -0.2) is 0 Å². The summed E-state index contributed by atoms with van der Waals surface area (Å²) in [6, 6.07) is 6.81. The molecular weight excluding hydrogens is 362 g/mol. The molecule has 0 fully saturated rings. The fourth-order valence-corrected chi connectivity index (χ4v) is 2.49. The molecule has 0 saturated carbocycles. The van der Waals surface area contributed by atoms with E-state index in [1.807, 2.05) is 0 Å². The molecule has 1 aliphatic heterocycles. The molecule has 1 aliphatic rings. The molecule has 0 saturated heterocycles. The van der Waals surface area contributed by atoms with Gasteiger partial charge in [0.25, 0.3) is 0 Å². The molecule has 0 bridgehead atoms. The van der Waals surface area contributed by atoms with Crippen LogP contribution in [0, 0.1) is 0 Å². The average molecular weight is 366 g/mol. The maximum Gasteiger partial charge on any atom is 0.190 e. The van der Waals surface area contributed by atoms with Gasteiger partial charge in [-0.2, -0.15) is 0 Å². The SMILES string of the molecule is Clc1ccc(Cl)c2c1Oc1ccc(Br)c(Cl)c1O2. The molecule has 0 unspecified atom stereocenters. The van der Waals surface area contributed by atoms with Crippen molar-refractivity contribution < 1.29 is 9.47 Å². The normalized spacial score (nSPS) is 12.2. The summed E-state index contributed by atoms with van der Waals surface area (Å²) in [5, 5.41) is 1.27. The molecule has 2 aromatic rings. The van der Waals surface area contributed by atoms with Gasteiger partial charge in [-0.25, -0.2) is 0 Å². The second-order valence-corrected chi connectivity index (χ2v) is 5.63. The Bertz CT molecular complexity index is 658. The summed E-state index contributed by atoms with van der Waals surface area (Å²) >= 11 is 21.6. The van der Waals surface area contributed by atoms with Gasteiger partial charge in [-0.1, -0.05) is 34.8 Å². The fourth-order valence-electron chi connectivity index (χ4n) is 1.61. The van der Waals surface area contributed by atoms with E-state index in [4.69, 9.17) is 44.3 Å². The van der Waals surface area contributed by atoms with Crippen molar-refractivity contribution in [2.45, 2.75) is 0 Å². The molecule has 0 aromatic heterocycles. The highest BCUT2D eigenvalue weighted by Gasteiger charge is 2.26. The Morgan fingerprint density at radius 2 is 1.39 bits per heavy atom. The highest BCUT2D eigenvalue weighted by atomic mass is 79.9. The van der Waals surface area contributed by atoms with Crippen LogP contribution in [0.1, 0.15) is 0 Å². The number of rotatable bonds is 0. The maximum atomic E-state index is 6.14. The van der Waals surface area contributed by atoms with Gasteiger partial charge in [0, 0.05) is 4.47 Å². The Hall–Kier alpha value is -0.610. The minimum atomic E-state index is 0.372. The number of ether oxygens (including phenoxy) is 2. The van der Waals surface area contributed by atoms with E-state index in [9.17, 15) is 0 Å². The Labute approximate surface area is 126 Å². The Balaban J connectivity index is 2.21. The van der Waals surface area contributed by atoms with Gasteiger partial charge >= 0.3 is 0 Å². The first-order valence-corrected chi connectivity index (χ1v) is 6.82. The van der Waals surface area contributed by atoms with Gasteiger partial charge in [0.15, 0.2) is 23.0 Å². The molecule has 0 N–H and O–H groups in total. The summed E-state index contributed by atoms with van der Waals surface area (Å²) in [4.78, 5) is 0. The summed E-state index contributed by atoms with van der Waals surface area (Å²) in [5.74, 6) is 1.69. The van der Waals surface area contributed by atoms with Crippen LogP contribution in [0.25, 0.3) is 0 Å². The van der Waals surface area contributed by atoms with Crippen molar-refractivity contribution in [3.05, 3.63) is 43.8 Å². The van der Waals surface area contributed by atoms with Gasteiger partial charge in [-0.15, -0.1) is 0 Å². The molecule has 6 heteroatoms. The van der Waals surface area contributed by atoms with Crippen LogP contribution >= 0.6 is 50.7 Å². The van der Waals surface area contributed by atoms with E-state index in [2.05, 4.69) is 15.9 Å². The topological polar surface area (TPSA) is 18.5 Å². The molecule has 0 radical (unpaired) electrons. The molecule has 18 heavy (non-hydrogen) atoms. The van der Waals surface area contributed by atoms with Crippen molar-refractivity contribution in [2.75, 3.05) is 0 Å². The third kappa shape index (κ3) is 1.86. The molecule has 2 nitrogen and oxygen atoms in total. The summed E-state index contributed by atoms with van der Waals surface area (Å²) in [6.45, 7) is 0. The first-order valence-electron chi connectivity index (χ1n) is 4.89. The standard InChI is InChI=1S/C12H4BrCl3O2/c13-5-1-4-8-12(9(5)16)18-11-7(15)3-2-6(14)10(11)17-8/h1-4H. The van der Waals surface area contributed by atoms with Crippen molar-refractivity contribution in [3.63, 3.8) is 0 Å². The van der Waals surface area contributed by atoms with Crippen molar-refractivity contribution in [1.82, 2.24) is 0 Å². The van der Waals surface area contributed by atoms with Crippen LogP contribution in [0.15, 0.2) is 28.7 Å². The van der Waals surface area contributed by atoms with Gasteiger partial charge in [-0.3, -0.25) is 0 Å². The van der Waals surface area contributed by atoms with E-state index >= 15 is 0 Å². The molecule has 0 aliphatic carbocycles. The monoisotopic (exact) mass is 364 g/mol. The van der Waals surface area contributed by atoms with Crippen molar-refractivity contribution in [3.8, 4) is 23.0 Å². The lowest BCUT2D eigenvalue weighted by Gasteiger charge is -2.23. The second-order valence-electron chi connectivity index (χ2n) is 3.58. The van der Waals surface area contributed by atoms with Crippen molar-refractivity contribution >= 4 is 50.7 Å². The van der Waals surface area contributed by atoms with Crippen LogP contribution in [0.5, 0.6) is 23.0 Å². The van der Waals surface area contributed by atoms with Crippen LogP contribution in [0.2, 0.25) is 15.1 Å². The molecule has 0 spiro atoms. The molecule has 0 amide bonds. The Kier molecular flexibility index (Phi) is 3.10. The number of fused-ring (bicyclic) bond motifs is 2. The highest BCUT2D eigenvalue weighted by Crippen LogP contribution is 2.54. The lowest BCUT2D eigenvalue weighted by atomic mass is 10.2. The summed E-state index contributed by atoms with van der Waals surface area (Å²) in [6.07, 6.45) is 0. The summed E-state index contributed by atoms with van der Waals surface area (Å²) in [5.41, 5.74) is 0. The zero-order valence-electron chi connectivity index (χ0n) is 8.64.